The maximum absolute atomic E-state index is 6.87. The Hall–Kier alpha value is -0.819. The fraction of sp³-hybridized carbons (Fsp3) is 0.676. The Labute approximate surface area is 307 Å². The maximum Gasteiger partial charge on any atom is 0.242 e. The summed E-state index contributed by atoms with van der Waals surface area (Å²) in [4.78, 5) is 0. The number of hydrogen-bond acceptors (Lipinski definition) is 6. The minimum atomic E-state index is -1.95. The highest BCUT2D eigenvalue weighted by Gasteiger charge is 2.32. The number of benzene rings is 2. The van der Waals surface area contributed by atoms with E-state index >= 15 is 0 Å². The first kappa shape index (κ1) is 44.3. The van der Waals surface area contributed by atoms with Crippen molar-refractivity contribution in [2.75, 3.05) is 0 Å². The molecule has 49 heavy (non-hydrogen) atoms. The van der Waals surface area contributed by atoms with Gasteiger partial charge in [-0.25, -0.2) is 0 Å². The second-order valence-corrected chi connectivity index (χ2v) is 46.8. The topological polar surface area (TPSA) is 55.4 Å². The lowest BCUT2D eigenvalue weighted by atomic mass is 9.76. The average Bonchev–Trinajstić information content (AvgIpc) is 2.86. The SMILES string of the molecule is CC(C)(c1cc(CO[Si](C)(C)C)c(O[Si](C)(C)C)c(CO[Si](C)(C)C)c1)c1cc(CO[Si](C)(C)C)c(O[Si](C)(C)C)c(CO[Si](C)(C)C)c1. The Morgan fingerprint density at radius 1 is 0.367 bits per heavy atom. The summed E-state index contributed by atoms with van der Waals surface area (Å²) in [5, 5.41) is 0. The van der Waals surface area contributed by atoms with Crippen LogP contribution < -0.4 is 8.85 Å². The first-order chi connectivity index (χ1) is 21.7. The summed E-state index contributed by atoms with van der Waals surface area (Å²) >= 11 is 0. The molecular formula is C37H72O6Si6. The molecule has 0 aliphatic heterocycles. The summed E-state index contributed by atoms with van der Waals surface area (Å²) in [6, 6.07) is 9.32. The van der Waals surface area contributed by atoms with Gasteiger partial charge in [0.1, 0.15) is 11.5 Å². The van der Waals surface area contributed by atoms with Gasteiger partial charge in [0.25, 0.3) is 0 Å². The Balaban J connectivity index is 2.95. The monoisotopic (exact) mass is 780 g/mol. The van der Waals surface area contributed by atoms with Crippen molar-refractivity contribution in [2.45, 2.75) is 164 Å². The Bertz CT molecular complexity index is 1220. The van der Waals surface area contributed by atoms with E-state index in [2.05, 4.69) is 156 Å². The van der Waals surface area contributed by atoms with Crippen molar-refractivity contribution in [3.8, 4) is 11.5 Å². The molecule has 6 nitrogen and oxygen atoms in total. The van der Waals surface area contributed by atoms with Gasteiger partial charge in [-0.15, -0.1) is 0 Å². The molecule has 0 fully saturated rings. The fourth-order valence-electron chi connectivity index (χ4n) is 4.88. The van der Waals surface area contributed by atoms with Crippen molar-refractivity contribution in [3.63, 3.8) is 0 Å². The first-order valence-corrected chi connectivity index (χ1v) is 38.5. The van der Waals surface area contributed by atoms with E-state index in [4.69, 9.17) is 26.6 Å². The molecule has 12 heteroatoms. The highest BCUT2D eigenvalue weighted by atomic mass is 28.4. The third-order valence-corrected chi connectivity index (χ3v) is 13.1. The minimum Gasteiger partial charge on any atom is -0.544 e. The molecule has 0 atom stereocenters. The summed E-state index contributed by atoms with van der Waals surface area (Å²) < 4.78 is 40.0. The van der Waals surface area contributed by atoms with Crippen molar-refractivity contribution >= 4 is 49.9 Å². The Morgan fingerprint density at radius 3 is 0.735 bits per heavy atom. The minimum absolute atomic E-state index is 0.362. The van der Waals surface area contributed by atoms with Gasteiger partial charge in [-0.1, -0.05) is 13.8 Å². The summed E-state index contributed by atoms with van der Waals surface area (Å²) in [6.45, 7) is 47.1. The molecule has 0 aromatic heterocycles. The van der Waals surface area contributed by atoms with Crippen LogP contribution in [0.1, 0.15) is 47.2 Å². The Kier molecular flexibility index (Phi) is 14.5. The molecule has 0 bridgehead atoms. The van der Waals surface area contributed by atoms with Crippen molar-refractivity contribution in [1.29, 1.82) is 0 Å². The molecule has 0 unspecified atom stereocenters. The standard InChI is InChI=1S/C37H72O6Si6/c1-37(2,33-21-29(25-38-44(3,4)5)35(42-48(15,16)17)30(22-33)26-39-45(6,7)8)34-23-31(27-40-46(9,10)11)36(43-49(18,19)20)32(24-34)28-41-47(12,13)14/h21-24H,25-28H2,1-20H3. The van der Waals surface area contributed by atoms with E-state index in [-0.39, 0.29) is 5.41 Å². The lowest BCUT2D eigenvalue weighted by molar-refractivity contribution is 0.285. The van der Waals surface area contributed by atoms with Crippen LogP contribution in [-0.2, 0) is 49.5 Å². The van der Waals surface area contributed by atoms with Gasteiger partial charge in [0.05, 0.1) is 26.4 Å². The predicted octanol–water partition coefficient (Wildman–Crippen LogP) is 11.8. The van der Waals surface area contributed by atoms with Crippen molar-refractivity contribution in [1.82, 2.24) is 0 Å². The number of hydrogen-bond donors (Lipinski definition) is 0. The van der Waals surface area contributed by atoms with Gasteiger partial charge in [0.15, 0.2) is 33.3 Å². The van der Waals surface area contributed by atoms with E-state index in [1.165, 1.54) is 11.1 Å². The van der Waals surface area contributed by atoms with Gasteiger partial charge in [0, 0.05) is 27.7 Å². The number of rotatable bonds is 18. The summed E-state index contributed by atoms with van der Waals surface area (Å²) in [7, 11) is -11.1. The molecule has 0 saturated heterocycles. The summed E-state index contributed by atoms with van der Waals surface area (Å²) in [6.07, 6.45) is 0. The van der Waals surface area contributed by atoms with Crippen LogP contribution >= 0.6 is 0 Å². The molecule has 0 spiro atoms. The average molecular weight is 781 g/mol. The lowest BCUT2D eigenvalue weighted by Gasteiger charge is -2.33. The highest BCUT2D eigenvalue weighted by molar-refractivity contribution is 6.71. The molecule has 2 rings (SSSR count). The van der Waals surface area contributed by atoms with Crippen LogP contribution in [0.5, 0.6) is 11.5 Å². The molecular weight excluding hydrogens is 709 g/mol. The molecule has 0 N–H and O–H groups in total. The van der Waals surface area contributed by atoms with Crippen LogP contribution in [0.15, 0.2) is 24.3 Å². The van der Waals surface area contributed by atoms with Crippen LogP contribution in [-0.4, -0.2) is 49.9 Å². The van der Waals surface area contributed by atoms with Gasteiger partial charge in [-0.05, 0) is 153 Å². The van der Waals surface area contributed by atoms with Crippen LogP contribution in [0.4, 0.5) is 0 Å². The second kappa shape index (κ2) is 16.0. The van der Waals surface area contributed by atoms with Gasteiger partial charge in [0.2, 0.25) is 16.6 Å². The zero-order valence-electron chi connectivity index (χ0n) is 35.1. The largest absolute Gasteiger partial charge is 0.544 e. The van der Waals surface area contributed by atoms with E-state index in [1.807, 2.05) is 0 Å². The van der Waals surface area contributed by atoms with E-state index in [0.29, 0.717) is 26.4 Å². The molecule has 2 aromatic carbocycles. The zero-order valence-corrected chi connectivity index (χ0v) is 41.1. The van der Waals surface area contributed by atoms with Gasteiger partial charge in [-0.3, -0.25) is 0 Å². The smallest absolute Gasteiger partial charge is 0.242 e. The lowest BCUT2D eigenvalue weighted by Crippen LogP contribution is -2.33. The summed E-state index contributed by atoms with van der Waals surface area (Å²) in [5.74, 6) is 1.89. The van der Waals surface area contributed by atoms with Crippen LogP contribution in [0, 0.1) is 0 Å². The quantitative estimate of drug-likeness (QED) is 0.140. The third kappa shape index (κ3) is 16.2. The normalized spacial score (nSPS) is 14.0. The second-order valence-electron chi connectivity index (χ2n) is 19.9. The van der Waals surface area contributed by atoms with Crippen LogP contribution in [0.2, 0.25) is 118 Å². The molecule has 0 heterocycles. The molecule has 0 aliphatic carbocycles. The molecule has 0 saturated carbocycles. The molecule has 2 aromatic rings. The van der Waals surface area contributed by atoms with Gasteiger partial charge >= 0.3 is 0 Å². The predicted molar refractivity (Wildman–Crippen MR) is 225 cm³/mol. The van der Waals surface area contributed by atoms with E-state index in [9.17, 15) is 0 Å². The van der Waals surface area contributed by atoms with Crippen LogP contribution in [0.25, 0.3) is 0 Å². The fourth-order valence-corrected chi connectivity index (χ4v) is 8.98. The molecule has 0 radical (unpaired) electrons. The highest BCUT2D eigenvalue weighted by Crippen LogP contribution is 2.42. The van der Waals surface area contributed by atoms with Crippen LogP contribution in [0.3, 0.4) is 0 Å². The van der Waals surface area contributed by atoms with Crippen molar-refractivity contribution in [3.05, 3.63) is 57.6 Å². The Morgan fingerprint density at radius 2 is 0.571 bits per heavy atom. The van der Waals surface area contributed by atoms with E-state index in [0.717, 1.165) is 33.8 Å². The summed E-state index contributed by atoms with van der Waals surface area (Å²) in [5.41, 5.74) is 6.49. The van der Waals surface area contributed by atoms with Gasteiger partial charge in [-0.2, -0.15) is 0 Å². The van der Waals surface area contributed by atoms with Gasteiger partial charge < -0.3 is 26.6 Å². The maximum atomic E-state index is 6.87. The van der Waals surface area contributed by atoms with E-state index < -0.39 is 49.9 Å². The molecule has 0 aliphatic rings. The van der Waals surface area contributed by atoms with Crippen molar-refractivity contribution in [2.24, 2.45) is 0 Å². The third-order valence-electron chi connectivity index (χ3n) is 7.39. The van der Waals surface area contributed by atoms with Crippen molar-refractivity contribution < 1.29 is 26.6 Å². The first-order valence-electron chi connectivity index (χ1n) is 18.0. The zero-order chi connectivity index (χ0) is 38.0. The van der Waals surface area contributed by atoms with E-state index in [1.54, 1.807) is 0 Å². The molecule has 280 valence electrons. The molecule has 0 amide bonds.